The van der Waals surface area contributed by atoms with Crippen LogP contribution < -0.4 is 10.6 Å². The molecular formula is C14H20N2O3. The number of carbonyl (C=O) groups is 2. The Bertz CT molecular complexity index is 446. The summed E-state index contributed by atoms with van der Waals surface area (Å²) >= 11 is 0. The predicted molar refractivity (Wildman–Crippen MR) is 72.8 cm³/mol. The van der Waals surface area contributed by atoms with Gasteiger partial charge in [0.15, 0.2) is 0 Å². The van der Waals surface area contributed by atoms with Crippen molar-refractivity contribution in [2.75, 3.05) is 6.54 Å². The molecule has 1 unspecified atom stereocenters. The van der Waals surface area contributed by atoms with E-state index in [9.17, 15) is 9.59 Å². The first kappa shape index (κ1) is 15.0. The van der Waals surface area contributed by atoms with Gasteiger partial charge in [0.25, 0.3) is 0 Å². The van der Waals surface area contributed by atoms with Gasteiger partial charge in [-0.15, -0.1) is 0 Å². The summed E-state index contributed by atoms with van der Waals surface area (Å²) < 4.78 is 0. The molecule has 5 nitrogen and oxygen atoms in total. The molecule has 0 aromatic heterocycles. The van der Waals surface area contributed by atoms with Gasteiger partial charge < -0.3 is 15.7 Å². The second-order valence-corrected chi connectivity index (χ2v) is 4.76. The number of hydrogen-bond acceptors (Lipinski definition) is 2. The van der Waals surface area contributed by atoms with Gasteiger partial charge in [-0.2, -0.15) is 0 Å². The summed E-state index contributed by atoms with van der Waals surface area (Å²) in [6, 6.07) is 7.61. The Balaban J connectivity index is 2.26. The Hall–Kier alpha value is -2.04. The van der Waals surface area contributed by atoms with Gasteiger partial charge in [0, 0.05) is 19.5 Å². The van der Waals surface area contributed by atoms with Crippen molar-refractivity contribution in [3.63, 3.8) is 0 Å². The minimum Gasteiger partial charge on any atom is -0.481 e. The van der Waals surface area contributed by atoms with Crippen LogP contribution in [0.5, 0.6) is 0 Å². The molecule has 0 spiro atoms. The van der Waals surface area contributed by atoms with Crippen molar-refractivity contribution in [1.82, 2.24) is 10.6 Å². The molecule has 0 aliphatic carbocycles. The number of hydrogen-bond donors (Lipinski definition) is 3. The molecule has 1 aromatic carbocycles. The van der Waals surface area contributed by atoms with Crippen molar-refractivity contribution in [2.24, 2.45) is 5.92 Å². The molecule has 1 rings (SSSR count). The summed E-state index contributed by atoms with van der Waals surface area (Å²) in [5.41, 5.74) is 2.18. The van der Waals surface area contributed by atoms with Crippen LogP contribution in [0.15, 0.2) is 24.3 Å². The number of amides is 2. The van der Waals surface area contributed by atoms with Gasteiger partial charge in [-0.3, -0.25) is 4.79 Å². The maximum absolute atomic E-state index is 11.5. The Morgan fingerprint density at radius 3 is 2.68 bits per heavy atom. The first-order valence-electron chi connectivity index (χ1n) is 6.26. The molecule has 0 bridgehead atoms. The van der Waals surface area contributed by atoms with Crippen LogP contribution in [0.3, 0.4) is 0 Å². The summed E-state index contributed by atoms with van der Waals surface area (Å²) in [6.45, 7) is 4.60. The van der Waals surface area contributed by atoms with Crippen LogP contribution in [0.1, 0.15) is 24.5 Å². The molecular weight excluding hydrogens is 244 g/mol. The highest BCUT2D eigenvalue weighted by Crippen LogP contribution is 2.03. The van der Waals surface area contributed by atoms with Gasteiger partial charge in [0.2, 0.25) is 0 Å². The van der Waals surface area contributed by atoms with Crippen LogP contribution in [0, 0.1) is 12.8 Å². The van der Waals surface area contributed by atoms with E-state index in [2.05, 4.69) is 10.6 Å². The molecule has 0 heterocycles. The summed E-state index contributed by atoms with van der Waals surface area (Å²) in [6.07, 6.45) is 0.0537. The lowest BCUT2D eigenvalue weighted by Crippen LogP contribution is -2.37. The van der Waals surface area contributed by atoms with E-state index in [1.807, 2.05) is 31.2 Å². The van der Waals surface area contributed by atoms with E-state index < -0.39 is 5.97 Å². The predicted octanol–water partition coefficient (Wildman–Crippen LogP) is 1.91. The van der Waals surface area contributed by atoms with E-state index in [0.717, 1.165) is 11.1 Å². The van der Waals surface area contributed by atoms with Crippen molar-refractivity contribution in [3.8, 4) is 0 Å². The Morgan fingerprint density at radius 2 is 2.05 bits per heavy atom. The van der Waals surface area contributed by atoms with Crippen molar-refractivity contribution in [3.05, 3.63) is 35.4 Å². The third-order valence-electron chi connectivity index (χ3n) is 2.67. The van der Waals surface area contributed by atoms with Crippen molar-refractivity contribution < 1.29 is 14.7 Å². The van der Waals surface area contributed by atoms with E-state index >= 15 is 0 Å². The largest absolute Gasteiger partial charge is 0.481 e. The van der Waals surface area contributed by atoms with E-state index in [0.29, 0.717) is 13.1 Å². The number of nitrogens with one attached hydrogen (secondary N) is 2. The highest BCUT2D eigenvalue weighted by molar-refractivity contribution is 5.74. The highest BCUT2D eigenvalue weighted by Gasteiger charge is 2.08. The summed E-state index contributed by atoms with van der Waals surface area (Å²) in [5, 5.41) is 14.0. The zero-order chi connectivity index (χ0) is 14.3. The van der Waals surface area contributed by atoms with Gasteiger partial charge in [0.1, 0.15) is 0 Å². The molecule has 0 aliphatic rings. The lowest BCUT2D eigenvalue weighted by molar-refractivity contribution is -0.137. The van der Waals surface area contributed by atoms with Gasteiger partial charge >= 0.3 is 12.0 Å². The van der Waals surface area contributed by atoms with Crippen LogP contribution in [-0.4, -0.2) is 23.7 Å². The molecule has 0 fully saturated rings. The fourth-order valence-electron chi connectivity index (χ4n) is 1.70. The van der Waals surface area contributed by atoms with Crippen LogP contribution in [0.2, 0.25) is 0 Å². The zero-order valence-corrected chi connectivity index (χ0v) is 11.3. The monoisotopic (exact) mass is 264 g/mol. The molecule has 2 amide bonds. The standard InChI is InChI=1S/C14H20N2O3/c1-10-4-3-5-12(6-10)9-16-14(19)15-8-11(2)7-13(17)18/h3-6,11H,7-9H2,1-2H3,(H,17,18)(H2,15,16,19). The van der Waals surface area contributed by atoms with Crippen LogP contribution >= 0.6 is 0 Å². The van der Waals surface area contributed by atoms with Gasteiger partial charge in [0.05, 0.1) is 0 Å². The number of carboxylic acid groups (broad SMARTS) is 1. The average Bonchev–Trinajstić information content (AvgIpc) is 2.33. The number of carbonyl (C=O) groups excluding carboxylic acids is 1. The van der Waals surface area contributed by atoms with Crippen molar-refractivity contribution in [2.45, 2.75) is 26.8 Å². The van der Waals surface area contributed by atoms with E-state index in [1.54, 1.807) is 6.92 Å². The Labute approximate surface area is 113 Å². The van der Waals surface area contributed by atoms with Crippen molar-refractivity contribution >= 4 is 12.0 Å². The van der Waals surface area contributed by atoms with Gasteiger partial charge in [-0.05, 0) is 18.4 Å². The highest BCUT2D eigenvalue weighted by atomic mass is 16.4. The fraction of sp³-hybridized carbons (Fsp3) is 0.429. The Morgan fingerprint density at radius 1 is 1.32 bits per heavy atom. The van der Waals surface area contributed by atoms with Crippen LogP contribution in [-0.2, 0) is 11.3 Å². The first-order valence-corrected chi connectivity index (χ1v) is 6.26. The number of carboxylic acids is 1. The number of aliphatic carboxylic acids is 1. The summed E-state index contributed by atoms with van der Waals surface area (Å²) in [7, 11) is 0. The smallest absolute Gasteiger partial charge is 0.315 e. The molecule has 0 radical (unpaired) electrons. The molecule has 0 aliphatic heterocycles. The second-order valence-electron chi connectivity index (χ2n) is 4.76. The molecule has 1 atom stereocenters. The van der Waals surface area contributed by atoms with E-state index in [1.165, 1.54) is 0 Å². The Kier molecular flexibility index (Phi) is 5.85. The fourth-order valence-corrected chi connectivity index (χ4v) is 1.70. The number of benzene rings is 1. The van der Waals surface area contributed by atoms with Gasteiger partial charge in [-0.25, -0.2) is 4.79 Å². The number of urea groups is 1. The topological polar surface area (TPSA) is 78.4 Å². The van der Waals surface area contributed by atoms with Crippen molar-refractivity contribution in [1.29, 1.82) is 0 Å². The molecule has 5 heteroatoms. The van der Waals surface area contributed by atoms with E-state index in [-0.39, 0.29) is 18.4 Å². The minimum absolute atomic E-state index is 0.0537. The lowest BCUT2D eigenvalue weighted by Gasteiger charge is -2.11. The normalized spacial score (nSPS) is 11.7. The number of rotatable bonds is 6. The SMILES string of the molecule is Cc1cccc(CNC(=O)NCC(C)CC(=O)O)c1. The second kappa shape index (κ2) is 7.41. The molecule has 0 saturated heterocycles. The van der Waals surface area contributed by atoms with Crippen LogP contribution in [0.4, 0.5) is 4.79 Å². The lowest BCUT2D eigenvalue weighted by atomic mass is 10.1. The number of aryl methyl sites for hydroxylation is 1. The maximum Gasteiger partial charge on any atom is 0.315 e. The van der Waals surface area contributed by atoms with E-state index in [4.69, 9.17) is 5.11 Å². The molecule has 3 N–H and O–H groups in total. The zero-order valence-electron chi connectivity index (χ0n) is 11.3. The summed E-state index contributed by atoms with van der Waals surface area (Å²) in [5.74, 6) is -0.934. The average molecular weight is 264 g/mol. The molecule has 19 heavy (non-hydrogen) atoms. The first-order chi connectivity index (χ1) is 8.97. The summed E-state index contributed by atoms with van der Waals surface area (Å²) in [4.78, 5) is 22.0. The molecule has 104 valence electrons. The third kappa shape index (κ3) is 6.45. The molecule has 1 aromatic rings. The maximum atomic E-state index is 11.5. The van der Waals surface area contributed by atoms with Crippen LogP contribution in [0.25, 0.3) is 0 Å². The quantitative estimate of drug-likeness (QED) is 0.734. The minimum atomic E-state index is -0.852. The third-order valence-corrected chi connectivity index (χ3v) is 2.67. The molecule has 0 saturated carbocycles. The van der Waals surface area contributed by atoms with Gasteiger partial charge in [-0.1, -0.05) is 36.8 Å².